The Balaban J connectivity index is 1.31. The van der Waals surface area contributed by atoms with Crippen LogP contribution >= 0.6 is 11.3 Å². The van der Waals surface area contributed by atoms with E-state index in [2.05, 4.69) is 20.5 Å². The lowest BCUT2D eigenvalue weighted by molar-refractivity contribution is 0.0433. The van der Waals surface area contributed by atoms with Crippen LogP contribution in [0.1, 0.15) is 21.9 Å². The summed E-state index contributed by atoms with van der Waals surface area (Å²) in [7, 11) is 0. The van der Waals surface area contributed by atoms with Gasteiger partial charge in [0.05, 0.1) is 0 Å². The number of hydrogen-bond acceptors (Lipinski definition) is 8. The molecular weight excluding hydrogens is 376 g/mol. The van der Waals surface area contributed by atoms with Crippen molar-refractivity contribution in [1.29, 1.82) is 0 Å². The summed E-state index contributed by atoms with van der Waals surface area (Å²) in [4.78, 5) is 16.4. The highest BCUT2D eigenvalue weighted by Gasteiger charge is 2.15. The Bertz CT molecular complexity index is 1050. The molecule has 0 atom stereocenters. The van der Waals surface area contributed by atoms with Gasteiger partial charge in [-0.05, 0) is 17.7 Å². The van der Waals surface area contributed by atoms with E-state index < -0.39 is 5.97 Å². The van der Waals surface area contributed by atoms with E-state index in [1.807, 2.05) is 60.7 Å². The molecule has 0 aliphatic heterocycles. The summed E-state index contributed by atoms with van der Waals surface area (Å²) in [6.07, 6.45) is 0. The van der Waals surface area contributed by atoms with Crippen LogP contribution in [0.4, 0.5) is 5.13 Å². The average molecular weight is 392 g/mol. The maximum Gasteiger partial charge on any atom is 0.358 e. The van der Waals surface area contributed by atoms with Crippen LogP contribution in [0.3, 0.4) is 0 Å². The average Bonchev–Trinajstić information content (AvgIpc) is 3.42. The van der Waals surface area contributed by atoms with Crippen LogP contribution in [0.25, 0.3) is 11.5 Å². The summed E-state index contributed by atoms with van der Waals surface area (Å²) in [6.45, 7) is 0.524. The lowest BCUT2D eigenvalue weighted by Crippen LogP contribution is -2.06. The first-order chi connectivity index (χ1) is 13.8. The van der Waals surface area contributed by atoms with E-state index in [4.69, 9.17) is 9.15 Å². The van der Waals surface area contributed by atoms with E-state index in [-0.39, 0.29) is 18.2 Å². The fourth-order valence-corrected chi connectivity index (χ4v) is 3.11. The maximum atomic E-state index is 12.2. The second-order valence-corrected chi connectivity index (χ2v) is 6.68. The van der Waals surface area contributed by atoms with Crippen molar-refractivity contribution < 1.29 is 13.9 Å². The topological polar surface area (TPSA) is 90.1 Å². The van der Waals surface area contributed by atoms with Crippen molar-refractivity contribution >= 4 is 22.4 Å². The number of esters is 1. The molecule has 0 unspecified atom stereocenters. The van der Waals surface area contributed by atoms with Crippen molar-refractivity contribution in [1.82, 2.24) is 15.2 Å². The fraction of sp³-hybridized carbons (Fsp3) is 0.100. The van der Waals surface area contributed by atoms with Gasteiger partial charge < -0.3 is 14.5 Å². The number of ether oxygens (including phenoxy) is 1. The van der Waals surface area contributed by atoms with Crippen molar-refractivity contribution in [3.63, 3.8) is 0 Å². The molecular formula is C20H16N4O3S. The van der Waals surface area contributed by atoms with Gasteiger partial charge in [-0.15, -0.1) is 21.5 Å². The molecule has 140 valence electrons. The number of aromatic nitrogens is 3. The van der Waals surface area contributed by atoms with Gasteiger partial charge in [0.1, 0.15) is 0 Å². The van der Waals surface area contributed by atoms with Crippen molar-refractivity contribution in [2.45, 2.75) is 13.2 Å². The molecule has 0 spiro atoms. The molecule has 0 aliphatic rings. The van der Waals surface area contributed by atoms with Crippen LogP contribution in [0, 0.1) is 0 Å². The zero-order valence-corrected chi connectivity index (χ0v) is 15.6. The van der Waals surface area contributed by atoms with Gasteiger partial charge in [0, 0.05) is 17.5 Å². The molecule has 0 bridgehead atoms. The highest BCUT2D eigenvalue weighted by molar-refractivity contribution is 7.13. The molecule has 2 aromatic carbocycles. The van der Waals surface area contributed by atoms with Gasteiger partial charge in [-0.2, -0.15) is 0 Å². The third-order valence-corrected chi connectivity index (χ3v) is 4.61. The summed E-state index contributed by atoms with van der Waals surface area (Å²) in [5, 5.41) is 13.4. The van der Waals surface area contributed by atoms with Crippen LogP contribution in [0.5, 0.6) is 0 Å². The number of rotatable bonds is 7. The van der Waals surface area contributed by atoms with E-state index in [9.17, 15) is 4.79 Å². The molecule has 0 fully saturated rings. The van der Waals surface area contributed by atoms with E-state index in [1.54, 1.807) is 5.38 Å². The predicted molar refractivity (Wildman–Crippen MR) is 105 cm³/mol. The zero-order valence-electron chi connectivity index (χ0n) is 14.7. The molecule has 0 saturated carbocycles. The molecule has 4 rings (SSSR count). The quantitative estimate of drug-likeness (QED) is 0.472. The summed E-state index contributed by atoms with van der Waals surface area (Å²) in [6, 6.07) is 19.3. The molecule has 0 radical (unpaired) electrons. The van der Waals surface area contributed by atoms with Crippen molar-refractivity contribution in [2.75, 3.05) is 5.32 Å². The van der Waals surface area contributed by atoms with Crippen LogP contribution in [-0.2, 0) is 17.9 Å². The number of nitrogens with one attached hydrogen (secondary N) is 1. The molecule has 1 N–H and O–H groups in total. The molecule has 2 aromatic heterocycles. The number of carbonyl (C=O) groups is 1. The number of carbonyl (C=O) groups excluding carboxylic acids is 1. The Kier molecular flexibility index (Phi) is 5.39. The van der Waals surface area contributed by atoms with Gasteiger partial charge in [-0.25, -0.2) is 9.78 Å². The lowest BCUT2D eigenvalue weighted by atomic mass is 10.2. The lowest BCUT2D eigenvalue weighted by Gasteiger charge is -2.02. The molecule has 0 aliphatic carbocycles. The highest BCUT2D eigenvalue weighted by atomic mass is 32.1. The van der Waals surface area contributed by atoms with Gasteiger partial charge in [0.15, 0.2) is 17.4 Å². The predicted octanol–water partition coefficient (Wildman–Crippen LogP) is 4.16. The summed E-state index contributed by atoms with van der Waals surface area (Å²) in [5.74, 6) is 0.0704. The molecule has 8 heteroatoms. The maximum absolute atomic E-state index is 12.2. The Morgan fingerprint density at radius 2 is 1.79 bits per heavy atom. The normalized spacial score (nSPS) is 10.6. The molecule has 0 saturated heterocycles. The van der Waals surface area contributed by atoms with Crippen LogP contribution < -0.4 is 5.32 Å². The third-order valence-electron chi connectivity index (χ3n) is 3.81. The molecule has 7 nitrogen and oxygen atoms in total. The second kappa shape index (κ2) is 8.45. The van der Waals surface area contributed by atoms with Crippen molar-refractivity contribution in [2.24, 2.45) is 0 Å². The van der Waals surface area contributed by atoms with E-state index >= 15 is 0 Å². The van der Waals surface area contributed by atoms with Crippen LogP contribution in [0.2, 0.25) is 0 Å². The zero-order chi connectivity index (χ0) is 19.2. The van der Waals surface area contributed by atoms with Crippen molar-refractivity contribution in [3.05, 3.63) is 83.2 Å². The number of benzene rings is 2. The first-order valence-corrected chi connectivity index (χ1v) is 9.44. The summed E-state index contributed by atoms with van der Waals surface area (Å²) in [5.41, 5.74) is 2.18. The minimum absolute atomic E-state index is 0.108. The van der Waals surface area contributed by atoms with Crippen molar-refractivity contribution in [3.8, 4) is 11.5 Å². The third kappa shape index (κ3) is 4.41. The summed E-state index contributed by atoms with van der Waals surface area (Å²) >= 11 is 1.35. The fourth-order valence-electron chi connectivity index (χ4n) is 2.43. The van der Waals surface area contributed by atoms with E-state index in [1.165, 1.54) is 11.3 Å². The first kappa shape index (κ1) is 17.9. The molecule has 28 heavy (non-hydrogen) atoms. The molecule has 0 amide bonds. The molecule has 4 aromatic rings. The van der Waals surface area contributed by atoms with E-state index in [0.29, 0.717) is 17.6 Å². The Morgan fingerprint density at radius 1 is 1.04 bits per heavy atom. The Hall–Kier alpha value is -3.52. The Morgan fingerprint density at radius 3 is 2.57 bits per heavy atom. The van der Waals surface area contributed by atoms with Gasteiger partial charge in [-0.1, -0.05) is 48.5 Å². The van der Waals surface area contributed by atoms with Gasteiger partial charge >= 0.3 is 5.97 Å². The molecule has 2 heterocycles. The monoisotopic (exact) mass is 392 g/mol. The largest absolute Gasteiger partial charge is 0.451 e. The Labute approximate surface area is 165 Å². The number of thiazole rings is 1. The highest BCUT2D eigenvalue weighted by Crippen LogP contribution is 2.19. The number of anilines is 1. The number of nitrogens with zero attached hydrogens (tertiary/aromatic N) is 3. The minimum atomic E-state index is -0.538. The van der Waals surface area contributed by atoms with E-state index in [0.717, 1.165) is 11.1 Å². The second-order valence-electron chi connectivity index (χ2n) is 5.82. The van der Waals surface area contributed by atoms with Gasteiger partial charge in [0.2, 0.25) is 5.89 Å². The summed E-state index contributed by atoms with van der Waals surface area (Å²) < 4.78 is 10.7. The van der Waals surface area contributed by atoms with Crippen LogP contribution in [-0.4, -0.2) is 21.2 Å². The smallest absolute Gasteiger partial charge is 0.358 e. The van der Waals surface area contributed by atoms with Gasteiger partial charge in [0.25, 0.3) is 5.89 Å². The number of hydrogen-bond donors (Lipinski definition) is 1. The van der Waals surface area contributed by atoms with Gasteiger partial charge in [-0.3, -0.25) is 0 Å². The SMILES string of the molecule is O=C(OCc1nnc(-c2ccccc2)o1)c1csc(NCc2ccccc2)n1. The standard InChI is InChI=1S/C20H16N4O3S/c25-19(16-13-28-20(22-16)21-11-14-7-3-1-4-8-14)26-12-17-23-24-18(27-17)15-9-5-2-6-10-15/h1-10,13H,11-12H2,(H,21,22). The minimum Gasteiger partial charge on any atom is -0.451 e. The first-order valence-electron chi connectivity index (χ1n) is 8.56. The van der Waals surface area contributed by atoms with Crippen LogP contribution in [0.15, 0.2) is 70.5 Å².